The van der Waals surface area contributed by atoms with Gasteiger partial charge in [-0.1, -0.05) is 30.8 Å². The van der Waals surface area contributed by atoms with Crippen LogP contribution >= 0.6 is 39.0 Å². The lowest BCUT2D eigenvalue weighted by molar-refractivity contribution is -0.113. The molecule has 0 aliphatic rings. The van der Waals surface area contributed by atoms with Crippen LogP contribution in [0.1, 0.15) is 12.5 Å². The lowest BCUT2D eigenvalue weighted by Gasteiger charge is -2.08. The number of nitrogens with one attached hydrogen (secondary N) is 1. The van der Waals surface area contributed by atoms with Gasteiger partial charge in [-0.3, -0.25) is 4.79 Å². The van der Waals surface area contributed by atoms with Crippen LogP contribution in [0, 0.1) is 0 Å². The molecule has 1 aromatic carbocycles. The van der Waals surface area contributed by atoms with Crippen molar-refractivity contribution in [3.8, 4) is 0 Å². The van der Waals surface area contributed by atoms with Crippen LogP contribution in [0.2, 0.25) is 0 Å². The maximum absolute atomic E-state index is 12.7. The van der Waals surface area contributed by atoms with Crippen molar-refractivity contribution >= 4 is 66.3 Å². The minimum atomic E-state index is -3.79. The first-order chi connectivity index (χ1) is 13.8. The zero-order chi connectivity index (χ0) is 21.0. The van der Waals surface area contributed by atoms with Gasteiger partial charge >= 0.3 is 0 Å². The number of amides is 1. The predicted molar refractivity (Wildman–Crippen MR) is 119 cm³/mol. The summed E-state index contributed by atoms with van der Waals surface area (Å²) in [6.07, 6.45) is 2.06. The van der Waals surface area contributed by atoms with Crippen LogP contribution in [-0.2, 0) is 21.1 Å². The number of thiophene rings is 1. The molecule has 3 N–H and O–H groups in total. The van der Waals surface area contributed by atoms with E-state index in [1.54, 1.807) is 6.07 Å². The molecule has 0 bridgehead atoms. The van der Waals surface area contributed by atoms with E-state index >= 15 is 0 Å². The van der Waals surface area contributed by atoms with E-state index in [4.69, 9.17) is 5.73 Å². The average Bonchev–Trinajstić information content (AvgIpc) is 3.13. The summed E-state index contributed by atoms with van der Waals surface area (Å²) < 4.78 is 26.2. The van der Waals surface area contributed by atoms with Crippen molar-refractivity contribution in [2.75, 3.05) is 16.8 Å². The average molecular weight is 513 g/mol. The van der Waals surface area contributed by atoms with Crippen LogP contribution in [0.15, 0.2) is 60.6 Å². The van der Waals surface area contributed by atoms with Crippen molar-refractivity contribution in [2.24, 2.45) is 0 Å². The molecule has 0 aliphatic heterocycles. The molecule has 29 heavy (non-hydrogen) atoms. The molecule has 11 heteroatoms. The fourth-order valence-corrected chi connectivity index (χ4v) is 6.41. The fourth-order valence-electron chi connectivity index (χ4n) is 2.39. The summed E-state index contributed by atoms with van der Waals surface area (Å²) in [7, 11) is -3.79. The highest BCUT2D eigenvalue weighted by molar-refractivity contribution is 9.11. The molecule has 0 aliphatic carbocycles. The molecular formula is C18H17BrN4O3S3. The molecule has 0 saturated carbocycles. The molecule has 3 aromatic rings. The first-order valence-corrected chi connectivity index (χ1v) is 12.5. The van der Waals surface area contributed by atoms with Gasteiger partial charge in [-0.25, -0.2) is 18.4 Å². The van der Waals surface area contributed by atoms with Crippen LogP contribution in [0.3, 0.4) is 0 Å². The van der Waals surface area contributed by atoms with Gasteiger partial charge in [-0.05, 0) is 52.2 Å². The molecule has 2 heterocycles. The Morgan fingerprint density at radius 3 is 2.76 bits per heavy atom. The summed E-state index contributed by atoms with van der Waals surface area (Å²) in [4.78, 5) is 20.1. The van der Waals surface area contributed by atoms with Crippen LogP contribution in [-0.4, -0.2) is 30.0 Å². The van der Waals surface area contributed by atoms with E-state index in [0.717, 1.165) is 40.8 Å². The Hall–Kier alpha value is -1.95. The van der Waals surface area contributed by atoms with Crippen molar-refractivity contribution in [1.82, 2.24) is 9.97 Å². The molecule has 3 rings (SSSR count). The normalized spacial score (nSPS) is 11.4. The maximum atomic E-state index is 12.7. The second kappa shape index (κ2) is 9.24. The number of aryl methyl sites for hydroxylation is 1. The minimum Gasteiger partial charge on any atom is -0.382 e. The molecule has 0 unspecified atom stereocenters. The van der Waals surface area contributed by atoms with Gasteiger partial charge in [0.05, 0.1) is 15.7 Å². The fraction of sp³-hybridized carbons (Fsp3) is 0.167. The Bertz CT molecular complexity index is 1150. The SMILES string of the molecule is CCc1cccc(NC(=O)CSc2ncc(S(=O)(=O)c3ccc(Br)s3)c(N)n2)c1. The molecule has 2 aromatic heterocycles. The zero-order valence-electron chi connectivity index (χ0n) is 15.3. The van der Waals surface area contributed by atoms with E-state index in [1.165, 1.54) is 12.3 Å². The Labute approximate surface area is 185 Å². The van der Waals surface area contributed by atoms with Crippen molar-refractivity contribution in [2.45, 2.75) is 27.6 Å². The summed E-state index contributed by atoms with van der Waals surface area (Å²) in [6.45, 7) is 2.04. The summed E-state index contributed by atoms with van der Waals surface area (Å²) in [5, 5.41) is 3.04. The predicted octanol–water partition coefficient (Wildman–Crippen LogP) is 4.01. The van der Waals surface area contributed by atoms with E-state index in [9.17, 15) is 13.2 Å². The third kappa shape index (κ3) is 5.35. The van der Waals surface area contributed by atoms with Gasteiger partial charge in [0, 0.05) is 5.69 Å². The molecule has 0 spiro atoms. The van der Waals surface area contributed by atoms with E-state index < -0.39 is 9.84 Å². The largest absolute Gasteiger partial charge is 0.382 e. The maximum Gasteiger partial charge on any atom is 0.234 e. The van der Waals surface area contributed by atoms with Crippen LogP contribution in [0.25, 0.3) is 0 Å². The zero-order valence-corrected chi connectivity index (χ0v) is 19.3. The Balaban J connectivity index is 1.67. The number of rotatable bonds is 7. The highest BCUT2D eigenvalue weighted by Gasteiger charge is 2.24. The first kappa shape index (κ1) is 21.8. The number of halogens is 1. The number of hydrogen-bond acceptors (Lipinski definition) is 8. The van der Waals surface area contributed by atoms with Crippen LogP contribution in [0.4, 0.5) is 11.5 Å². The standard InChI is InChI=1S/C18H17BrN4O3S3/c1-2-11-4-3-5-12(8-11)22-15(24)10-27-18-21-9-13(17(20)23-18)29(25,26)16-7-6-14(19)28-16/h3-9H,2,10H2,1H3,(H,22,24)(H2,20,21,23). The van der Waals surface area contributed by atoms with Gasteiger partial charge in [-0.15, -0.1) is 11.3 Å². The number of hydrogen-bond donors (Lipinski definition) is 2. The van der Waals surface area contributed by atoms with Gasteiger partial charge in [0.1, 0.15) is 14.9 Å². The summed E-state index contributed by atoms with van der Waals surface area (Å²) in [5.74, 6) is -0.298. The molecule has 0 saturated heterocycles. The van der Waals surface area contributed by atoms with Gasteiger partial charge in [-0.2, -0.15) is 0 Å². The number of nitrogens with two attached hydrogens (primary N) is 1. The molecule has 7 nitrogen and oxygen atoms in total. The quantitative estimate of drug-likeness (QED) is 0.362. The number of nitrogens with zero attached hydrogens (tertiary/aromatic N) is 2. The Morgan fingerprint density at radius 1 is 1.31 bits per heavy atom. The molecule has 0 radical (unpaired) electrons. The summed E-state index contributed by atoms with van der Waals surface area (Å²) in [6, 6.07) is 10.7. The second-order valence-corrected chi connectivity index (χ2v) is 11.4. The van der Waals surface area contributed by atoms with Gasteiger partial charge in [0.15, 0.2) is 5.16 Å². The van der Waals surface area contributed by atoms with Gasteiger partial charge in [0.2, 0.25) is 15.7 Å². The first-order valence-electron chi connectivity index (χ1n) is 8.44. The number of anilines is 2. The lowest BCUT2D eigenvalue weighted by atomic mass is 10.1. The van der Waals surface area contributed by atoms with Crippen molar-refractivity contribution in [1.29, 1.82) is 0 Å². The van der Waals surface area contributed by atoms with Gasteiger partial charge < -0.3 is 11.1 Å². The highest BCUT2D eigenvalue weighted by atomic mass is 79.9. The number of carbonyl (C=O) groups excluding carboxylic acids is 1. The number of carbonyl (C=O) groups is 1. The molecule has 1 amide bonds. The monoisotopic (exact) mass is 512 g/mol. The van der Waals surface area contributed by atoms with Crippen molar-refractivity contribution < 1.29 is 13.2 Å². The molecule has 0 fully saturated rings. The van der Waals surface area contributed by atoms with E-state index in [0.29, 0.717) is 3.79 Å². The van der Waals surface area contributed by atoms with E-state index in [-0.39, 0.29) is 31.7 Å². The van der Waals surface area contributed by atoms with Crippen molar-refractivity contribution in [3.63, 3.8) is 0 Å². The second-order valence-electron chi connectivity index (χ2n) is 5.85. The molecule has 0 atom stereocenters. The van der Waals surface area contributed by atoms with Crippen molar-refractivity contribution in [3.05, 3.63) is 51.9 Å². The molecular weight excluding hydrogens is 496 g/mol. The lowest BCUT2D eigenvalue weighted by Crippen LogP contribution is -2.14. The number of nitrogen functional groups attached to an aromatic ring is 1. The topological polar surface area (TPSA) is 115 Å². The Kier molecular flexibility index (Phi) is 6.93. The van der Waals surface area contributed by atoms with E-state index in [1.807, 2.05) is 31.2 Å². The van der Waals surface area contributed by atoms with Gasteiger partial charge in [0.25, 0.3) is 0 Å². The highest BCUT2D eigenvalue weighted by Crippen LogP contribution is 2.32. The minimum absolute atomic E-state index is 0.0692. The Morgan fingerprint density at radius 2 is 2.10 bits per heavy atom. The number of thioether (sulfide) groups is 1. The number of benzene rings is 1. The number of aromatic nitrogens is 2. The third-order valence-electron chi connectivity index (χ3n) is 3.82. The summed E-state index contributed by atoms with van der Waals surface area (Å²) >= 11 is 5.40. The summed E-state index contributed by atoms with van der Waals surface area (Å²) in [5.41, 5.74) is 7.71. The third-order valence-corrected chi connectivity index (χ3v) is 8.56. The van der Waals surface area contributed by atoms with E-state index in [2.05, 4.69) is 31.2 Å². The van der Waals surface area contributed by atoms with Crippen LogP contribution in [0.5, 0.6) is 0 Å². The number of sulfone groups is 1. The van der Waals surface area contributed by atoms with Crippen LogP contribution < -0.4 is 11.1 Å². The smallest absolute Gasteiger partial charge is 0.234 e. The molecule has 152 valence electrons.